The Hall–Kier alpha value is -1.31. The van der Waals surface area contributed by atoms with E-state index >= 15 is 0 Å². The summed E-state index contributed by atoms with van der Waals surface area (Å²) < 4.78 is 43.0. The standard InChI is InChI=1S/C16H19ClF3NO3/c17-11-3-1-9(2-4-11)13(14(21)15(22)23)10-5-6-24-12(7-10)8-16(18,19)20/h1-4,10,12-14H,5-8,21H2,(H,22,23)/t10-,12+,13-,14-/m0/s1. The lowest BCUT2D eigenvalue weighted by Gasteiger charge is -2.36. The van der Waals surface area contributed by atoms with Gasteiger partial charge in [0.05, 0.1) is 12.5 Å². The molecule has 3 N–H and O–H groups in total. The van der Waals surface area contributed by atoms with E-state index in [0.717, 1.165) is 0 Å². The van der Waals surface area contributed by atoms with Gasteiger partial charge in [-0.05, 0) is 36.5 Å². The number of benzene rings is 1. The molecule has 0 radical (unpaired) electrons. The number of carbonyl (C=O) groups is 1. The van der Waals surface area contributed by atoms with Crippen LogP contribution in [0.25, 0.3) is 0 Å². The molecule has 8 heteroatoms. The van der Waals surface area contributed by atoms with Crippen LogP contribution in [0, 0.1) is 5.92 Å². The van der Waals surface area contributed by atoms with Gasteiger partial charge in [-0.25, -0.2) is 0 Å². The van der Waals surface area contributed by atoms with E-state index in [9.17, 15) is 23.1 Å². The second kappa shape index (κ2) is 7.72. The van der Waals surface area contributed by atoms with Crippen molar-refractivity contribution in [2.45, 2.75) is 43.5 Å². The highest BCUT2D eigenvalue weighted by Gasteiger charge is 2.40. The number of ether oxygens (including phenoxy) is 1. The van der Waals surface area contributed by atoms with E-state index in [2.05, 4.69) is 0 Å². The molecule has 1 saturated heterocycles. The maximum atomic E-state index is 12.6. The zero-order valence-electron chi connectivity index (χ0n) is 12.8. The van der Waals surface area contributed by atoms with E-state index in [4.69, 9.17) is 22.1 Å². The van der Waals surface area contributed by atoms with Gasteiger partial charge in [-0.2, -0.15) is 13.2 Å². The summed E-state index contributed by atoms with van der Waals surface area (Å²) in [6.45, 7) is 0.155. The number of halogens is 4. The van der Waals surface area contributed by atoms with E-state index in [-0.39, 0.29) is 18.9 Å². The van der Waals surface area contributed by atoms with Gasteiger partial charge in [-0.1, -0.05) is 23.7 Å². The predicted octanol–water partition coefficient (Wildman–Crippen LogP) is 3.58. The van der Waals surface area contributed by atoms with Crippen LogP contribution in [-0.2, 0) is 9.53 Å². The van der Waals surface area contributed by atoms with Gasteiger partial charge in [0.25, 0.3) is 0 Å². The number of rotatable bonds is 5. The van der Waals surface area contributed by atoms with Crippen LogP contribution in [-0.4, -0.2) is 36.0 Å². The molecule has 4 nitrogen and oxygen atoms in total. The summed E-state index contributed by atoms with van der Waals surface area (Å²) in [6.07, 6.45) is -5.76. The van der Waals surface area contributed by atoms with Gasteiger partial charge in [-0.15, -0.1) is 0 Å². The van der Waals surface area contributed by atoms with Crippen molar-refractivity contribution in [2.75, 3.05) is 6.61 Å². The number of aliphatic carboxylic acids is 1. The van der Waals surface area contributed by atoms with E-state index in [1.54, 1.807) is 24.3 Å². The minimum atomic E-state index is -4.32. The molecule has 4 atom stereocenters. The van der Waals surface area contributed by atoms with Crippen molar-refractivity contribution in [3.63, 3.8) is 0 Å². The summed E-state index contributed by atoms with van der Waals surface area (Å²) in [6, 6.07) is 5.37. The van der Waals surface area contributed by atoms with Crippen LogP contribution in [0.2, 0.25) is 5.02 Å². The minimum absolute atomic E-state index is 0.119. The van der Waals surface area contributed by atoms with Gasteiger partial charge >= 0.3 is 12.1 Å². The Labute approximate surface area is 142 Å². The Bertz CT molecular complexity index is 565. The normalized spacial score (nSPS) is 24.4. The topological polar surface area (TPSA) is 72.6 Å². The summed E-state index contributed by atoms with van der Waals surface area (Å²) in [4.78, 5) is 11.4. The molecule has 0 amide bonds. The van der Waals surface area contributed by atoms with Crippen LogP contribution in [0.4, 0.5) is 13.2 Å². The van der Waals surface area contributed by atoms with Gasteiger partial charge in [0.1, 0.15) is 6.04 Å². The summed E-state index contributed by atoms with van der Waals surface area (Å²) in [5, 5.41) is 9.78. The molecule has 0 aromatic heterocycles. The molecule has 1 fully saturated rings. The summed E-state index contributed by atoms with van der Waals surface area (Å²) in [5.41, 5.74) is 6.50. The summed E-state index contributed by atoms with van der Waals surface area (Å²) in [7, 11) is 0. The second-order valence-corrected chi connectivity index (χ2v) is 6.47. The quantitative estimate of drug-likeness (QED) is 0.836. The zero-order chi connectivity index (χ0) is 17.9. The third kappa shape index (κ3) is 5.09. The third-order valence-electron chi connectivity index (χ3n) is 4.30. The van der Waals surface area contributed by atoms with Crippen LogP contribution in [0.15, 0.2) is 24.3 Å². The molecule has 1 aromatic carbocycles. The highest BCUT2D eigenvalue weighted by molar-refractivity contribution is 6.30. The largest absolute Gasteiger partial charge is 0.480 e. The average molecular weight is 366 g/mol. The third-order valence-corrected chi connectivity index (χ3v) is 4.55. The first kappa shape index (κ1) is 19.0. The lowest BCUT2D eigenvalue weighted by molar-refractivity contribution is -0.170. The van der Waals surface area contributed by atoms with Crippen molar-refractivity contribution in [3.05, 3.63) is 34.9 Å². The fourth-order valence-electron chi connectivity index (χ4n) is 3.25. The predicted molar refractivity (Wildman–Crippen MR) is 82.9 cm³/mol. The van der Waals surface area contributed by atoms with Crippen LogP contribution < -0.4 is 5.73 Å². The van der Waals surface area contributed by atoms with Gasteiger partial charge < -0.3 is 15.6 Å². The van der Waals surface area contributed by atoms with Crippen molar-refractivity contribution in [2.24, 2.45) is 11.7 Å². The van der Waals surface area contributed by atoms with E-state index < -0.39 is 36.6 Å². The van der Waals surface area contributed by atoms with Crippen LogP contribution in [0.5, 0.6) is 0 Å². The molecule has 0 spiro atoms. The number of hydrogen-bond acceptors (Lipinski definition) is 3. The Balaban J connectivity index is 2.23. The number of nitrogens with two attached hydrogens (primary N) is 1. The van der Waals surface area contributed by atoms with Crippen molar-refractivity contribution in [3.8, 4) is 0 Å². The molecule has 1 aliphatic rings. The summed E-state index contributed by atoms with van der Waals surface area (Å²) >= 11 is 5.85. The molecule has 0 saturated carbocycles. The molecule has 0 aliphatic carbocycles. The second-order valence-electron chi connectivity index (χ2n) is 6.04. The van der Waals surface area contributed by atoms with E-state index in [1.165, 1.54) is 0 Å². The highest BCUT2D eigenvalue weighted by atomic mass is 35.5. The van der Waals surface area contributed by atoms with Gasteiger partial charge in [0.2, 0.25) is 0 Å². The molecule has 0 unspecified atom stereocenters. The fourth-order valence-corrected chi connectivity index (χ4v) is 3.37. The van der Waals surface area contributed by atoms with Crippen molar-refractivity contribution in [1.29, 1.82) is 0 Å². The Kier molecular flexibility index (Phi) is 6.11. The average Bonchev–Trinajstić information content (AvgIpc) is 2.48. The van der Waals surface area contributed by atoms with Gasteiger partial charge in [0.15, 0.2) is 0 Å². The van der Waals surface area contributed by atoms with E-state index in [1.807, 2.05) is 0 Å². The lowest BCUT2D eigenvalue weighted by atomic mass is 9.75. The molecule has 0 bridgehead atoms. The number of alkyl halides is 3. The maximum absolute atomic E-state index is 12.6. The summed E-state index contributed by atoms with van der Waals surface area (Å²) in [5.74, 6) is -2.09. The van der Waals surface area contributed by atoms with Crippen LogP contribution in [0.3, 0.4) is 0 Å². The monoisotopic (exact) mass is 365 g/mol. The van der Waals surface area contributed by atoms with Crippen molar-refractivity contribution in [1.82, 2.24) is 0 Å². The molecule has 134 valence electrons. The SMILES string of the molecule is N[C@H](C(=O)O)[C@@H](c1ccc(Cl)cc1)[C@H]1CCO[C@@H](CC(F)(F)F)C1. The van der Waals surface area contributed by atoms with Gasteiger partial charge in [0, 0.05) is 17.5 Å². The van der Waals surface area contributed by atoms with Crippen LogP contribution >= 0.6 is 11.6 Å². The van der Waals surface area contributed by atoms with Gasteiger partial charge in [-0.3, -0.25) is 4.79 Å². The molecular weight excluding hydrogens is 347 g/mol. The van der Waals surface area contributed by atoms with Crippen molar-refractivity contribution >= 4 is 17.6 Å². The van der Waals surface area contributed by atoms with E-state index in [0.29, 0.717) is 17.0 Å². The lowest BCUT2D eigenvalue weighted by Crippen LogP contribution is -2.43. The molecule has 1 aromatic rings. The Morgan fingerprint density at radius 3 is 2.54 bits per heavy atom. The number of carboxylic acid groups (broad SMARTS) is 1. The molecular formula is C16H19ClF3NO3. The molecule has 1 heterocycles. The molecule has 24 heavy (non-hydrogen) atoms. The Morgan fingerprint density at radius 2 is 2.00 bits per heavy atom. The van der Waals surface area contributed by atoms with Crippen LogP contribution in [0.1, 0.15) is 30.7 Å². The number of carboxylic acids is 1. The first-order valence-electron chi connectivity index (χ1n) is 7.59. The maximum Gasteiger partial charge on any atom is 0.391 e. The molecule has 2 rings (SSSR count). The van der Waals surface area contributed by atoms with Crippen molar-refractivity contribution < 1.29 is 27.8 Å². The first-order chi connectivity index (χ1) is 11.2. The first-order valence-corrected chi connectivity index (χ1v) is 7.97. The zero-order valence-corrected chi connectivity index (χ0v) is 13.6. The number of hydrogen-bond donors (Lipinski definition) is 2. The molecule has 1 aliphatic heterocycles. The fraction of sp³-hybridized carbons (Fsp3) is 0.562. The Morgan fingerprint density at radius 1 is 1.38 bits per heavy atom. The highest BCUT2D eigenvalue weighted by Crippen LogP contribution is 2.39. The smallest absolute Gasteiger partial charge is 0.391 e. The minimum Gasteiger partial charge on any atom is -0.480 e.